The Labute approximate surface area is 122 Å². The predicted molar refractivity (Wildman–Crippen MR) is 78.3 cm³/mol. The molecule has 0 spiro atoms. The third-order valence-electron chi connectivity index (χ3n) is 2.56. The van der Waals surface area contributed by atoms with E-state index >= 15 is 0 Å². The SMILES string of the molecule is CCCNC(=O)CNc1nc(NC)nc(-n2ccnc2)n1. The highest BCUT2D eigenvalue weighted by Gasteiger charge is 2.08. The largest absolute Gasteiger partial charge is 0.357 e. The lowest BCUT2D eigenvalue weighted by Crippen LogP contribution is -2.30. The number of aromatic nitrogens is 5. The molecule has 0 saturated carbocycles. The fourth-order valence-corrected chi connectivity index (χ4v) is 1.53. The molecule has 0 aliphatic heterocycles. The van der Waals surface area contributed by atoms with Crippen molar-refractivity contribution in [2.24, 2.45) is 0 Å². The normalized spacial score (nSPS) is 10.2. The lowest BCUT2D eigenvalue weighted by atomic mass is 10.4. The smallest absolute Gasteiger partial charge is 0.241 e. The van der Waals surface area contributed by atoms with Crippen LogP contribution < -0.4 is 16.0 Å². The van der Waals surface area contributed by atoms with Crippen LogP contribution >= 0.6 is 0 Å². The number of anilines is 2. The van der Waals surface area contributed by atoms with Gasteiger partial charge in [-0.25, -0.2) is 4.98 Å². The molecule has 3 N–H and O–H groups in total. The summed E-state index contributed by atoms with van der Waals surface area (Å²) in [7, 11) is 1.71. The summed E-state index contributed by atoms with van der Waals surface area (Å²) < 4.78 is 1.66. The average Bonchev–Trinajstić information content (AvgIpc) is 3.05. The van der Waals surface area contributed by atoms with Crippen LogP contribution in [0.25, 0.3) is 5.95 Å². The van der Waals surface area contributed by atoms with Gasteiger partial charge in [-0.05, 0) is 6.42 Å². The van der Waals surface area contributed by atoms with Crippen LogP contribution in [0.1, 0.15) is 13.3 Å². The molecule has 0 fully saturated rings. The standard InChI is InChI=1S/C12H18N8O/c1-3-4-15-9(21)7-16-11-17-10(13-2)18-12(19-11)20-6-5-14-8-20/h5-6,8H,3-4,7H2,1-2H3,(H,15,21)(H2,13,16,17,18,19). The number of rotatable bonds is 7. The molecule has 0 aromatic carbocycles. The van der Waals surface area contributed by atoms with Gasteiger partial charge in [0.05, 0.1) is 6.54 Å². The molecule has 0 aliphatic rings. The van der Waals surface area contributed by atoms with Crippen LogP contribution in [0, 0.1) is 0 Å². The van der Waals surface area contributed by atoms with Gasteiger partial charge in [0, 0.05) is 26.0 Å². The van der Waals surface area contributed by atoms with Crippen molar-refractivity contribution in [2.45, 2.75) is 13.3 Å². The van der Waals surface area contributed by atoms with E-state index in [0.29, 0.717) is 24.4 Å². The molecule has 0 aliphatic carbocycles. The lowest BCUT2D eigenvalue weighted by molar-refractivity contribution is -0.119. The van der Waals surface area contributed by atoms with Crippen LogP contribution in [0.15, 0.2) is 18.7 Å². The summed E-state index contributed by atoms with van der Waals surface area (Å²) in [5.41, 5.74) is 0. The van der Waals surface area contributed by atoms with Crippen molar-refractivity contribution in [3.8, 4) is 5.95 Å². The Kier molecular flexibility index (Phi) is 5.02. The molecule has 9 heteroatoms. The first-order valence-electron chi connectivity index (χ1n) is 6.65. The number of nitrogens with zero attached hydrogens (tertiary/aromatic N) is 5. The molecular weight excluding hydrogens is 272 g/mol. The van der Waals surface area contributed by atoms with E-state index in [2.05, 4.69) is 35.9 Å². The van der Waals surface area contributed by atoms with E-state index < -0.39 is 0 Å². The van der Waals surface area contributed by atoms with Crippen molar-refractivity contribution in [1.29, 1.82) is 0 Å². The van der Waals surface area contributed by atoms with Crippen LogP contribution in [0.5, 0.6) is 0 Å². The van der Waals surface area contributed by atoms with Crippen molar-refractivity contribution in [1.82, 2.24) is 29.8 Å². The van der Waals surface area contributed by atoms with Crippen LogP contribution in [-0.4, -0.2) is 50.5 Å². The van der Waals surface area contributed by atoms with Crippen molar-refractivity contribution < 1.29 is 4.79 Å². The summed E-state index contributed by atoms with van der Waals surface area (Å²) in [6, 6.07) is 0. The van der Waals surface area contributed by atoms with E-state index in [0.717, 1.165) is 6.42 Å². The average molecular weight is 290 g/mol. The summed E-state index contributed by atoms with van der Waals surface area (Å²) in [6.07, 6.45) is 5.85. The van der Waals surface area contributed by atoms with Gasteiger partial charge in [-0.1, -0.05) is 6.92 Å². The van der Waals surface area contributed by atoms with Crippen LogP contribution in [0.4, 0.5) is 11.9 Å². The number of carbonyl (C=O) groups excluding carboxylic acids is 1. The van der Waals surface area contributed by atoms with Gasteiger partial charge in [0.1, 0.15) is 6.33 Å². The summed E-state index contributed by atoms with van der Waals surface area (Å²) in [4.78, 5) is 28.1. The number of imidazole rings is 1. The third kappa shape index (κ3) is 4.13. The maximum Gasteiger partial charge on any atom is 0.241 e. The Morgan fingerprint density at radius 2 is 2.10 bits per heavy atom. The van der Waals surface area contributed by atoms with E-state index in [4.69, 9.17) is 0 Å². The molecule has 2 aromatic heterocycles. The van der Waals surface area contributed by atoms with E-state index in [1.54, 1.807) is 30.3 Å². The van der Waals surface area contributed by atoms with Gasteiger partial charge >= 0.3 is 0 Å². The fourth-order valence-electron chi connectivity index (χ4n) is 1.53. The maximum absolute atomic E-state index is 11.6. The van der Waals surface area contributed by atoms with E-state index in [-0.39, 0.29) is 12.5 Å². The first-order valence-corrected chi connectivity index (χ1v) is 6.65. The Balaban J connectivity index is 2.08. The molecule has 2 aromatic rings. The number of nitrogens with one attached hydrogen (secondary N) is 3. The van der Waals surface area contributed by atoms with Gasteiger partial charge in [-0.15, -0.1) is 0 Å². The molecule has 9 nitrogen and oxygen atoms in total. The fraction of sp³-hybridized carbons (Fsp3) is 0.417. The minimum absolute atomic E-state index is 0.104. The Morgan fingerprint density at radius 1 is 1.29 bits per heavy atom. The Hall–Kier alpha value is -2.71. The van der Waals surface area contributed by atoms with Gasteiger partial charge in [0.25, 0.3) is 0 Å². The molecular formula is C12H18N8O. The van der Waals surface area contributed by atoms with E-state index in [1.807, 2.05) is 6.92 Å². The maximum atomic E-state index is 11.6. The monoisotopic (exact) mass is 290 g/mol. The quantitative estimate of drug-likeness (QED) is 0.660. The molecule has 0 bridgehead atoms. The third-order valence-corrected chi connectivity index (χ3v) is 2.56. The van der Waals surface area contributed by atoms with Gasteiger partial charge in [-0.3, -0.25) is 9.36 Å². The zero-order valence-electron chi connectivity index (χ0n) is 12.0. The van der Waals surface area contributed by atoms with Crippen LogP contribution in [0.3, 0.4) is 0 Å². The second-order valence-electron chi connectivity index (χ2n) is 4.21. The molecule has 21 heavy (non-hydrogen) atoms. The first kappa shape index (κ1) is 14.7. The van der Waals surface area contributed by atoms with E-state index in [9.17, 15) is 4.79 Å². The minimum Gasteiger partial charge on any atom is -0.357 e. The molecule has 112 valence electrons. The van der Waals surface area contributed by atoms with Gasteiger partial charge in [0.2, 0.25) is 23.8 Å². The summed E-state index contributed by atoms with van der Waals surface area (Å²) >= 11 is 0. The van der Waals surface area contributed by atoms with Gasteiger partial charge < -0.3 is 16.0 Å². The summed E-state index contributed by atoms with van der Waals surface area (Å²) in [5, 5.41) is 8.51. The molecule has 2 heterocycles. The zero-order valence-corrected chi connectivity index (χ0v) is 12.0. The molecule has 0 atom stereocenters. The Bertz CT molecular complexity index is 583. The molecule has 0 radical (unpaired) electrons. The van der Waals surface area contributed by atoms with Crippen molar-refractivity contribution in [3.05, 3.63) is 18.7 Å². The summed E-state index contributed by atoms with van der Waals surface area (Å²) in [6.45, 7) is 2.76. The highest BCUT2D eigenvalue weighted by Crippen LogP contribution is 2.08. The number of carbonyl (C=O) groups is 1. The predicted octanol–water partition coefficient (Wildman–Crippen LogP) is 0.0371. The molecule has 2 rings (SSSR count). The number of hydrogen-bond donors (Lipinski definition) is 3. The van der Waals surface area contributed by atoms with Crippen molar-refractivity contribution >= 4 is 17.8 Å². The van der Waals surface area contributed by atoms with Crippen LogP contribution in [-0.2, 0) is 4.79 Å². The van der Waals surface area contributed by atoms with Crippen molar-refractivity contribution in [3.63, 3.8) is 0 Å². The minimum atomic E-state index is -0.104. The first-order chi connectivity index (χ1) is 10.2. The van der Waals surface area contributed by atoms with Crippen LogP contribution in [0.2, 0.25) is 0 Å². The second-order valence-corrected chi connectivity index (χ2v) is 4.21. The topological polar surface area (TPSA) is 110 Å². The lowest BCUT2D eigenvalue weighted by Gasteiger charge is -2.09. The van der Waals surface area contributed by atoms with Crippen molar-refractivity contribution in [2.75, 3.05) is 30.8 Å². The highest BCUT2D eigenvalue weighted by atomic mass is 16.1. The zero-order chi connectivity index (χ0) is 15.1. The number of amides is 1. The molecule has 0 saturated heterocycles. The van der Waals surface area contributed by atoms with Gasteiger partial charge in [-0.2, -0.15) is 15.0 Å². The van der Waals surface area contributed by atoms with E-state index in [1.165, 1.54) is 0 Å². The Morgan fingerprint density at radius 3 is 2.76 bits per heavy atom. The molecule has 0 unspecified atom stereocenters. The van der Waals surface area contributed by atoms with Gasteiger partial charge in [0.15, 0.2) is 0 Å². The summed E-state index contributed by atoms with van der Waals surface area (Å²) in [5.74, 6) is 1.05. The highest BCUT2D eigenvalue weighted by molar-refractivity contribution is 5.80. The number of hydrogen-bond acceptors (Lipinski definition) is 7. The second kappa shape index (κ2) is 7.17. The molecule has 1 amide bonds.